The number of unbranched alkanes of at least 4 members (excludes halogenated alkanes) is 1. The highest BCUT2D eigenvalue weighted by Crippen LogP contribution is 2.31. The molecule has 0 bridgehead atoms. The normalized spacial score (nSPS) is 11.8. The Morgan fingerprint density at radius 1 is 1.07 bits per heavy atom. The molecule has 0 radical (unpaired) electrons. The van der Waals surface area contributed by atoms with Crippen LogP contribution in [0.1, 0.15) is 19.8 Å². The number of hydrogen-bond donors (Lipinski definition) is 4. The first-order chi connectivity index (χ1) is 13.5. The number of hydrogen-bond acceptors (Lipinski definition) is 8. The average molecular weight is 444 g/mol. The van der Waals surface area contributed by atoms with E-state index in [1.54, 1.807) is 0 Å². The molecule has 0 aliphatic carbocycles. The number of nitro groups is 1. The number of rotatable bonds is 9. The fraction of sp³-hybridized carbons (Fsp3) is 0.250. The summed E-state index contributed by atoms with van der Waals surface area (Å²) in [6, 6.07) is 6.22. The largest absolute Gasteiger partial charge is 0.502 e. The van der Waals surface area contributed by atoms with E-state index in [2.05, 4.69) is 10.0 Å². The zero-order chi connectivity index (χ0) is 21.8. The van der Waals surface area contributed by atoms with Crippen molar-refractivity contribution in [2.75, 3.05) is 16.6 Å². The summed E-state index contributed by atoms with van der Waals surface area (Å²) in [7, 11) is -8.44. The van der Waals surface area contributed by atoms with Crippen LogP contribution in [0.15, 0.2) is 46.2 Å². The Bertz CT molecular complexity index is 1130. The van der Waals surface area contributed by atoms with Gasteiger partial charge in [0.25, 0.3) is 10.0 Å². The van der Waals surface area contributed by atoms with E-state index in [9.17, 15) is 32.1 Å². The Balaban J connectivity index is 2.49. The van der Waals surface area contributed by atoms with E-state index in [-0.39, 0.29) is 10.6 Å². The van der Waals surface area contributed by atoms with Gasteiger partial charge in [0.1, 0.15) is 0 Å². The van der Waals surface area contributed by atoms with Crippen molar-refractivity contribution in [3.05, 3.63) is 46.5 Å². The van der Waals surface area contributed by atoms with Crippen molar-refractivity contribution in [3.8, 4) is 5.75 Å². The fourth-order valence-corrected chi connectivity index (χ4v) is 3.99. The number of phenolic OH excluding ortho intramolecular Hbond substituents is 1. The average Bonchev–Trinajstić information content (AvgIpc) is 2.61. The van der Waals surface area contributed by atoms with Crippen LogP contribution in [-0.4, -0.2) is 33.4 Å². The number of benzene rings is 2. The Hall–Kier alpha value is -2.90. The van der Waals surface area contributed by atoms with Crippen LogP contribution in [0, 0.1) is 10.1 Å². The number of aromatic hydroxyl groups is 1. The smallest absolute Gasteiger partial charge is 0.312 e. The summed E-state index contributed by atoms with van der Waals surface area (Å²) in [4.78, 5) is 9.24. The molecule has 0 fully saturated rings. The molecular formula is C16H20N4O7S2. The van der Waals surface area contributed by atoms with E-state index in [4.69, 9.17) is 5.14 Å². The number of primary sulfonamides is 1. The number of nitrogens with zero attached hydrogens (tertiary/aromatic N) is 1. The van der Waals surface area contributed by atoms with Gasteiger partial charge in [-0.1, -0.05) is 13.3 Å². The van der Waals surface area contributed by atoms with Gasteiger partial charge >= 0.3 is 5.69 Å². The molecule has 158 valence electrons. The number of phenols is 1. The van der Waals surface area contributed by atoms with Gasteiger partial charge in [0.2, 0.25) is 10.0 Å². The maximum absolute atomic E-state index is 12.7. The highest BCUT2D eigenvalue weighted by atomic mass is 32.2. The number of sulfonamides is 2. The molecule has 2 aromatic rings. The number of nitrogens with one attached hydrogen (secondary N) is 2. The summed E-state index contributed by atoms with van der Waals surface area (Å²) in [6.07, 6.45) is 1.66. The predicted molar refractivity (Wildman–Crippen MR) is 107 cm³/mol. The minimum Gasteiger partial charge on any atom is -0.502 e. The lowest BCUT2D eigenvalue weighted by Crippen LogP contribution is -2.17. The summed E-state index contributed by atoms with van der Waals surface area (Å²) < 4.78 is 50.9. The van der Waals surface area contributed by atoms with Crippen LogP contribution in [-0.2, 0) is 20.0 Å². The summed E-state index contributed by atoms with van der Waals surface area (Å²) >= 11 is 0. The summed E-state index contributed by atoms with van der Waals surface area (Å²) in [6.45, 7) is 2.47. The number of nitro benzene ring substituents is 1. The lowest BCUT2D eigenvalue weighted by atomic mass is 10.2. The SMILES string of the molecule is CCCCNc1ccc(S(N)(=O)=O)cc1NS(=O)(=O)c1ccc(O)c([N+](=O)[O-])c1. The molecule has 11 nitrogen and oxygen atoms in total. The topological polar surface area (TPSA) is 182 Å². The Labute approximate surface area is 167 Å². The zero-order valence-electron chi connectivity index (χ0n) is 15.3. The minimum absolute atomic E-state index is 0.0941. The van der Waals surface area contributed by atoms with Crippen LogP contribution >= 0.6 is 0 Å². The van der Waals surface area contributed by atoms with Crippen molar-refractivity contribution in [3.63, 3.8) is 0 Å². The highest BCUT2D eigenvalue weighted by Gasteiger charge is 2.23. The second-order valence-electron chi connectivity index (χ2n) is 6.05. The quantitative estimate of drug-likeness (QED) is 0.257. The van der Waals surface area contributed by atoms with E-state index in [1.807, 2.05) is 6.92 Å². The summed E-state index contributed by atoms with van der Waals surface area (Å²) in [5.41, 5.74) is -0.571. The van der Waals surface area contributed by atoms with Crippen molar-refractivity contribution in [1.82, 2.24) is 0 Å². The second kappa shape index (κ2) is 8.63. The van der Waals surface area contributed by atoms with Gasteiger partial charge in [-0.15, -0.1) is 0 Å². The third-order valence-corrected chi connectivity index (χ3v) is 6.14. The monoisotopic (exact) mass is 444 g/mol. The standard InChI is InChI=1S/C16H20N4O7S2/c1-2-3-8-18-13-6-4-11(28(17,24)25)9-14(13)19-29(26,27)12-5-7-16(21)15(10-12)20(22)23/h4-7,9-10,18-19,21H,2-3,8H2,1H3,(H2,17,24,25). The third-order valence-electron chi connectivity index (χ3n) is 3.86. The fourth-order valence-electron chi connectivity index (χ4n) is 2.36. The molecule has 0 amide bonds. The molecule has 2 aromatic carbocycles. The van der Waals surface area contributed by atoms with Gasteiger partial charge in [-0.3, -0.25) is 14.8 Å². The number of nitrogens with two attached hydrogens (primary N) is 1. The minimum atomic E-state index is -4.34. The molecule has 5 N–H and O–H groups in total. The van der Waals surface area contributed by atoms with E-state index in [0.717, 1.165) is 31.0 Å². The zero-order valence-corrected chi connectivity index (χ0v) is 17.0. The third kappa shape index (κ3) is 5.56. The van der Waals surface area contributed by atoms with Gasteiger partial charge in [0, 0.05) is 12.6 Å². The lowest BCUT2D eigenvalue weighted by Gasteiger charge is -2.15. The molecule has 0 aliphatic heterocycles. The van der Waals surface area contributed by atoms with E-state index >= 15 is 0 Å². The second-order valence-corrected chi connectivity index (χ2v) is 9.29. The Morgan fingerprint density at radius 3 is 2.31 bits per heavy atom. The first-order valence-corrected chi connectivity index (χ1v) is 11.4. The molecule has 0 saturated heterocycles. The summed E-state index contributed by atoms with van der Waals surface area (Å²) in [5.74, 6) is -0.688. The number of anilines is 2. The van der Waals surface area contributed by atoms with Crippen LogP contribution in [0.4, 0.5) is 17.1 Å². The van der Waals surface area contributed by atoms with Crippen LogP contribution in [0.25, 0.3) is 0 Å². The predicted octanol–water partition coefficient (Wildman–Crippen LogP) is 1.96. The van der Waals surface area contributed by atoms with Gasteiger partial charge in [-0.05, 0) is 36.8 Å². The molecular weight excluding hydrogens is 424 g/mol. The first kappa shape index (κ1) is 22.4. The Morgan fingerprint density at radius 2 is 1.72 bits per heavy atom. The van der Waals surface area contributed by atoms with E-state index in [1.165, 1.54) is 12.1 Å². The molecule has 2 rings (SSSR count). The first-order valence-electron chi connectivity index (χ1n) is 8.36. The summed E-state index contributed by atoms with van der Waals surface area (Å²) in [5, 5.41) is 28.6. The van der Waals surface area contributed by atoms with Gasteiger partial charge in [-0.25, -0.2) is 22.0 Å². The van der Waals surface area contributed by atoms with Crippen LogP contribution in [0.3, 0.4) is 0 Å². The molecule has 0 saturated carbocycles. The van der Waals surface area contributed by atoms with E-state index in [0.29, 0.717) is 18.3 Å². The van der Waals surface area contributed by atoms with Gasteiger partial charge in [0.15, 0.2) is 5.75 Å². The molecule has 29 heavy (non-hydrogen) atoms. The van der Waals surface area contributed by atoms with Gasteiger partial charge < -0.3 is 10.4 Å². The van der Waals surface area contributed by atoms with Crippen molar-refractivity contribution >= 4 is 37.1 Å². The molecule has 0 heterocycles. The molecule has 13 heteroatoms. The molecule has 0 atom stereocenters. The lowest BCUT2D eigenvalue weighted by molar-refractivity contribution is -0.386. The van der Waals surface area contributed by atoms with Crippen molar-refractivity contribution in [2.45, 2.75) is 29.6 Å². The van der Waals surface area contributed by atoms with Crippen molar-refractivity contribution in [2.24, 2.45) is 5.14 Å². The highest BCUT2D eigenvalue weighted by molar-refractivity contribution is 7.92. The van der Waals surface area contributed by atoms with Crippen LogP contribution in [0.2, 0.25) is 0 Å². The maximum atomic E-state index is 12.7. The van der Waals surface area contributed by atoms with Crippen LogP contribution in [0.5, 0.6) is 5.75 Å². The van der Waals surface area contributed by atoms with Gasteiger partial charge in [0.05, 0.1) is 26.1 Å². The molecule has 0 spiro atoms. The molecule has 0 aromatic heterocycles. The Kier molecular flexibility index (Phi) is 6.66. The molecule has 0 aliphatic rings. The van der Waals surface area contributed by atoms with Crippen molar-refractivity contribution < 1.29 is 26.9 Å². The maximum Gasteiger partial charge on any atom is 0.312 e. The van der Waals surface area contributed by atoms with Gasteiger partial charge in [-0.2, -0.15) is 0 Å². The van der Waals surface area contributed by atoms with Crippen molar-refractivity contribution in [1.29, 1.82) is 0 Å². The van der Waals surface area contributed by atoms with Crippen LogP contribution < -0.4 is 15.2 Å². The van der Waals surface area contributed by atoms with E-state index < -0.39 is 41.3 Å². The molecule has 0 unspecified atom stereocenters.